The van der Waals surface area contributed by atoms with Crippen LogP contribution in [-0.4, -0.2) is 48.7 Å². The SMILES string of the molecule is CCOC(=O)C1C2O[C@@H]3COC(c4ccc(C(C)C)cc4)O[C@H]3[C@H](O)C21. The first kappa shape index (κ1) is 17.9. The topological polar surface area (TPSA) is 74.2 Å². The molecule has 6 nitrogen and oxygen atoms in total. The molecule has 3 fully saturated rings. The molecule has 0 aromatic heterocycles. The van der Waals surface area contributed by atoms with Crippen LogP contribution in [0.5, 0.6) is 0 Å². The van der Waals surface area contributed by atoms with Crippen LogP contribution in [0.3, 0.4) is 0 Å². The van der Waals surface area contributed by atoms with E-state index < -0.39 is 24.4 Å². The lowest BCUT2D eigenvalue weighted by atomic mass is 9.98. The first-order valence-corrected chi connectivity index (χ1v) is 9.38. The first-order valence-electron chi connectivity index (χ1n) is 9.38. The lowest BCUT2D eigenvalue weighted by molar-refractivity contribution is -0.300. The molecule has 0 radical (unpaired) electrons. The van der Waals surface area contributed by atoms with E-state index >= 15 is 0 Å². The number of esters is 1. The maximum atomic E-state index is 12.0. The van der Waals surface area contributed by atoms with Gasteiger partial charge in [0.25, 0.3) is 0 Å². The quantitative estimate of drug-likeness (QED) is 0.828. The standard InChI is InChI=1S/C20H26O6/c1-4-23-19(22)15-14-16(21)17-13(25-18(14)15)9-24-20(26-17)12-7-5-11(6-8-12)10(2)3/h5-8,10,13-18,20-21H,4,9H2,1-3H3/t13-,14?,15?,16-,17-,18?,20?/m1/s1. The molecule has 4 unspecified atom stereocenters. The van der Waals surface area contributed by atoms with E-state index in [0.29, 0.717) is 19.1 Å². The summed E-state index contributed by atoms with van der Waals surface area (Å²) >= 11 is 0. The molecule has 142 valence electrons. The molecule has 0 bridgehead atoms. The maximum absolute atomic E-state index is 12.0. The minimum Gasteiger partial charge on any atom is -0.466 e. The second-order valence-corrected chi connectivity index (χ2v) is 7.57. The highest BCUT2D eigenvalue weighted by atomic mass is 16.7. The van der Waals surface area contributed by atoms with Crippen molar-refractivity contribution in [1.82, 2.24) is 0 Å². The number of benzene rings is 1. The van der Waals surface area contributed by atoms with E-state index in [1.54, 1.807) is 6.92 Å². The molecule has 4 rings (SSSR count). The molecule has 1 saturated carbocycles. The Labute approximate surface area is 153 Å². The van der Waals surface area contributed by atoms with Gasteiger partial charge in [-0.05, 0) is 18.4 Å². The largest absolute Gasteiger partial charge is 0.466 e. The van der Waals surface area contributed by atoms with Crippen molar-refractivity contribution in [2.24, 2.45) is 11.8 Å². The molecular weight excluding hydrogens is 336 g/mol. The summed E-state index contributed by atoms with van der Waals surface area (Å²) in [6.07, 6.45) is -2.45. The van der Waals surface area contributed by atoms with Gasteiger partial charge in [0, 0.05) is 11.5 Å². The highest BCUT2D eigenvalue weighted by Gasteiger charge is 2.67. The molecule has 2 saturated heterocycles. The van der Waals surface area contributed by atoms with Crippen LogP contribution in [0.15, 0.2) is 24.3 Å². The average Bonchev–Trinajstić information content (AvgIpc) is 3.36. The molecule has 26 heavy (non-hydrogen) atoms. The molecule has 6 heteroatoms. The van der Waals surface area contributed by atoms with Crippen LogP contribution < -0.4 is 0 Å². The van der Waals surface area contributed by atoms with Crippen LogP contribution in [-0.2, 0) is 23.7 Å². The maximum Gasteiger partial charge on any atom is 0.312 e. The zero-order valence-electron chi connectivity index (χ0n) is 15.3. The molecule has 1 aromatic carbocycles. The third kappa shape index (κ3) is 3.05. The molecule has 1 aliphatic carbocycles. The zero-order chi connectivity index (χ0) is 18.4. The fraction of sp³-hybridized carbons (Fsp3) is 0.650. The highest BCUT2D eigenvalue weighted by Crippen LogP contribution is 2.52. The molecule has 0 spiro atoms. The van der Waals surface area contributed by atoms with Gasteiger partial charge in [0.05, 0.1) is 31.3 Å². The van der Waals surface area contributed by atoms with Gasteiger partial charge in [-0.1, -0.05) is 38.1 Å². The van der Waals surface area contributed by atoms with E-state index in [-0.39, 0.29) is 24.1 Å². The van der Waals surface area contributed by atoms with Crippen molar-refractivity contribution in [2.75, 3.05) is 13.2 Å². The molecule has 2 aliphatic heterocycles. The van der Waals surface area contributed by atoms with Gasteiger partial charge in [0.1, 0.15) is 12.2 Å². The van der Waals surface area contributed by atoms with Gasteiger partial charge in [0.15, 0.2) is 6.29 Å². The van der Waals surface area contributed by atoms with Gasteiger partial charge in [-0.15, -0.1) is 0 Å². The van der Waals surface area contributed by atoms with Gasteiger partial charge in [-0.25, -0.2) is 0 Å². The molecular formula is C20H26O6. The number of carbonyl (C=O) groups excluding carboxylic acids is 1. The van der Waals surface area contributed by atoms with Gasteiger partial charge < -0.3 is 24.1 Å². The third-order valence-corrected chi connectivity index (χ3v) is 5.56. The molecule has 1 N–H and O–H groups in total. The Kier molecular flexibility index (Phi) is 4.77. The Balaban J connectivity index is 1.44. The molecule has 3 aliphatic rings. The lowest BCUT2D eigenvalue weighted by Gasteiger charge is -2.41. The summed E-state index contributed by atoms with van der Waals surface area (Å²) in [4.78, 5) is 12.0. The summed E-state index contributed by atoms with van der Waals surface area (Å²) < 4.78 is 22.9. The van der Waals surface area contributed by atoms with Crippen LogP contribution >= 0.6 is 0 Å². The summed E-state index contributed by atoms with van der Waals surface area (Å²) in [7, 11) is 0. The number of aliphatic hydroxyl groups is 1. The Bertz CT molecular complexity index is 657. The zero-order valence-corrected chi connectivity index (χ0v) is 15.3. The molecule has 1 aromatic rings. The van der Waals surface area contributed by atoms with Crippen molar-refractivity contribution < 1.29 is 28.8 Å². The normalized spacial score (nSPS) is 38.4. The predicted octanol–water partition coefficient (Wildman–Crippen LogP) is 2.16. The Morgan fingerprint density at radius 1 is 1.23 bits per heavy atom. The average molecular weight is 362 g/mol. The Morgan fingerprint density at radius 3 is 2.62 bits per heavy atom. The lowest BCUT2D eigenvalue weighted by Crippen LogP contribution is -2.53. The monoisotopic (exact) mass is 362 g/mol. The fourth-order valence-corrected chi connectivity index (χ4v) is 4.01. The van der Waals surface area contributed by atoms with Crippen molar-refractivity contribution in [3.8, 4) is 0 Å². The minimum absolute atomic E-state index is 0.252. The number of fused-ring (bicyclic) bond motifs is 2. The third-order valence-electron chi connectivity index (χ3n) is 5.56. The number of hydrogen-bond acceptors (Lipinski definition) is 6. The van der Waals surface area contributed by atoms with Crippen molar-refractivity contribution in [3.63, 3.8) is 0 Å². The van der Waals surface area contributed by atoms with Crippen LogP contribution in [0, 0.1) is 11.8 Å². The highest BCUT2D eigenvalue weighted by molar-refractivity contribution is 5.77. The first-order chi connectivity index (χ1) is 12.5. The van der Waals surface area contributed by atoms with E-state index in [2.05, 4.69) is 26.0 Å². The fourth-order valence-electron chi connectivity index (χ4n) is 4.01. The van der Waals surface area contributed by atoms with Crippen LogP contribution in [0.25, 0.3) is 0 Å². The second-order valence-electron chi connectivity index (χ2n) is 7.57. The van der Waals surface area contributed by atoms with E-state index in [4.69, 9.17) is 18.9 Å². The van der Waals surface area contributed by atoms with E-state index in [1.165, 1.54) is 5.56 Å². The van der Waals surface area contributed by atoms with Gasteiger partial charge in [-0.2, -0.15) is 0 Å². The Hall–Kier alpha value is -1.47. The van der Waals surface area contributed by atoms with Crippen LogP contribution in [0.2, 0.25) is 0 Å². The van der Waals surface area contributed by atoms with Crippen molar-refractivity contribution in [1.29, 1.82) is 0 Å². The summed E-state index contributed by atoms with van der Waals surface area (Å²) in [6.45, 7) is 6.72. The van der Waals surface area contributed by atoms with Crippen molar-refractivity contribution in [3.05, 3.63) is 35.4 Å². The summed E-state index contributed by atoms with van der Waals surface area (Å²) in [5.74, 6) is -0.496. The van der Waals surface area contributed by atoms with Crippen molar-refractivity contribution in [2.45, 2.75) is 57.4 Å². The van der Waals surface area contributed by atoms with Crippen LogP contribution in [0.1, 0.15) is 44.1 Å². The van der Waals surface area contributed by atoms with Gasteiger partial charge >= 0.3 is 5.97 Å². The smallest absolute Gasteiger partial charge is 0.312 e. The molecule has 2 heterocycles. The number of carbonyl (C=O) groups is 1. The van der Waals surface area contributed by atoms with Gasteiger partial charge in [-0.3, -0.25) is 4.79 Å². The molecule has 7 atom stereocenters. The number of aliphatic hydroxyl groups excluding tert-OH is 1. The van der Waals surface area contributed by atoms with Crippen LogP contribution in [0.4, 0.5) is 0 Å². The van der Waals surface area contributed by atoms with E-state index in [0.717, 1.165) is 5.56 Å². The van der Waals surface area contributed by atoms with E-state index in [1.807, 2.05) is 12.1 Å². The van der Waals surface area contributed by atoms with E-state index in [9.17, 15) is 9.90 Å². The number of ether oxygens (including phenoxy) is 4. The summed E-state index contributed by atoms with van der Waals surface area (Å²) in [5, 5.41) is 10.7. The Morgan fingerprint density at radius 2 is 1.96 bits per heavy atom. The predicted molar refractivity (Wildman–Crippen MR) is 92.4 cm³/mol. The molecule has 0 amide bonds. The second kappa shape index (κ2) is 6.93. The minimum atomic E-state index is -0.755. The summed E-state index contributed by atoms with van der Waals surface area (Å²) in [6, 6.07) is 8.14. The van der Waals surface area contributed by atoms with Gasteiger partial charge in [0.2, 0.25) is 0 Å². The number of rotatable bonds is 4. The van der Waals surface area contributed by atoms with Crippen molar-refractivity contribution >= 4 is 5.97 Å². The number of hydrogen-bond donors (Lipinski definition) is 1. The summed E-state index contributed by atoms with van der Waals surface area (Å²) in [5.41, 5.74) is 2.17.